The van der Waals surface area contributed by atoms with Crippen molar-refractivity contribution in [1.29, 1.82) is 0 Å². The Hall–Kier alpha value is -1.52. The van der Waals surface area contributed by atoms with Crippen molar-refractivity contribution < 1.29 is 33.9 Å². The van der Waals surface area contributed by atoms with Gasteiger partial charge >= 0.3 is 0 Å². The maximum atomic E-state index is 3.43. The third-order valence-corrected chi connectivity index (χ3v) is 5.52. The summed E-state index contributed by atoms with van der Waals surface area (Å²) in [6, 6.07) is 8.74. The van der Waals surface area contributed by atoms with Gasteiger partial charge in [0.15, 0.2) is 24.8 Å². The van der Waals surface area contributed by atoms with Gasteiger partial charge in [-0.3, -0.25) is 0 Å². The van der Waals surface area contributed by atoms with E-state index in [4.69, 9.17) is 0 Å². The smallest absolute Gasteiger partial charge is 0.170 e. The maximum Gasteiger partial charge on any atom is 0.170 e. The van der Waals surface area contributed by atoms with Gasteiger partial charge in [-0.2, -0.15) is 0 Å². The Labute approximate surface area is 209 Å². The third kappa shape index (κ3) is 13.8. The minimum atomic E-state index is 0. The van der Waals surface area contributed by atoms with Gasteiger partial charge < -0.3 is 35.4 Å². The van der Waals surface area contributed by atoms with Gasteiger partial charge in [-0.05, 0) is 25.7 Å². The van der Waals surface area contributed by atoms with Gasteiger partial charge in [-0.15, -0.1) is 0 Å². The van der Waals surface area contributed by atoms with E-state index >= 15 is 0 Å². The molecule has 2 heterocycles. The molecular weight excluding hydrogens is 439 g/mol. The average Bonchev–Trinajstić information content (AvgIpc) is 2.79. The summed E-state index contributed by atoms with van der Waals surface area (Å²) in [5.74, 6) is 0. The number of hydrogen-bond acceptors (Lipinski definition) is 2. The third-order valence-electron chi connectivity index (χ3n) is 5.52. The monoisotopic (exact) mass is 482 g/mol. The van der Waals surface area contributed by atoms with Crippen LogP contribution >= 0.6 is 0 Å². The van der Waals surface area contributed by atoms with Crippen molar-refractivity contribution >= 4 is 11.4 Å². The van der Waals surface area contributed by atoms with Crippen LogP contribution < -0.4 is 44.6 Å². The largest absolute Gasteiger partial charge is 1.00 e. The first kappa shape index (κ1) is 30.5. The quantitative estimate of drug-likeness (QED) is 0.240. The molecule has 0 aliphatic rings. The Kier molecular flexibility index (Phi) is 19.2. The van der Waals surface area contributed by atoms with Gasteiger partial charge in [-0.1, -0.05) is 39.5 Å². The van der Waals surface area contributed by atoms with E-state index in [-0.39, 0.29) is 24.8 Å². The molecule has 4 nitrogen and oxygen atoms in total. The molecule has 2 aromatic heterocycles. The number of aryl methyl sites for hydroxylation is 2. The van der Waals surface area contributed by atoms with Crippen molar-refractivity contribution in [3.05, 3.63) is 49.1 Å². The van der Waals surface area contributed by atoms with Crippen LogP contribution in [0.5, 0.6) is 0 Å². The summed E-state index contributed by atoms with van der Waals surface area (Å²) in [4.78, 5) is 0. The molecule has 0 saturated carbocycles. The summed E-state index contributed by atoms with van der Waals surface area (Å²) in [6.45, 7) is 8.76. The van der Waals surface area contributed by atoms with Crippen molar-refractivity contribution in [3.63, 3.8) is 0 Å². The minimum Gasteiger partial charge on any atom is -1.00 e. The highest BCUT2D eigenvalue weighted by Gasteiger charge is 2.02. The maximum absolute atomic E-state index is 3.43. The lowest BCUT2D eigenvalue weighted by Gasteiger charge is -2.04. The second-order valence-electron chi connectivity index (χ2n) is 8.33. The Morgan fingerprint density at radius 2 is 0.844 bits per heavy atom. The van der Waals surface area contributed by atoms with Crippen LogP contribution in [0, 0.1) is 0 Å². The van der Waals surface area contributed by atoms with Crippen LogP contribution in [0.1, 0.15) is 78.1 Å². The van der Waals surface area contributed by atoms with Crippen LogP contribution in [0.3, 0.4) is 0 Å². The molecule has 0 aliphatic carbocycles. The zero-order chi connectivity index (χ0) is 21.3. The first-order valence-corrected chi connectivity index (χ1v) is 12.3. The summed E-state index contributed by atoms with van der Waals surface area (Å²) in [5.41, 5.74) is 2.46. The fraction of sp³-hybridized carbons (Fsp3) is 0.615. The predicted molar refractivity (Wildman–Crippen MR) is 128 cm³/mol. The molecule has 0 spiro atoms. The molecule has 2 aromatic rings. The van der Waals surface area contributed by atoms with E-state index in [1.807, 2.05) is 0 Å². The molecule has 2 N–H and O–H groups in total. The Morgan fingerprint density at radius 1 is 0.531 bits per heavy atom. The van der Waals surface area contributed by atoms with Gasteiger partial charge in [0.25, 0.3) is 0 Å². The van der Waals surface area contributed by atoms with Gasteiger partial charge in [0.1, 0.15) is 13.1 Å². The molecule has 0 saturated heterocycles. The minimum absolute atomic E-state index is 0. The molecule has 0 atom stereocenters. The highest BCUT2D eigenvalue weighted by Crippen LogP contribution is 2.09. The standard InChI is InChI=1S/C26H42N4.2ClH/c1-3-17-27-25-13-21-29(22-14-25)19-11-9-7-5-6-8-10-12-20-30-23-15-26(16-24-30)28-18-4-2;;/h13-16,21-24H,3-12,17-20H2,1-2H3;2*1H. The van der Waals surface area contributed by atoms with Gasteiger partial charge in [0, 0.05) is 61.6 Å². The molecular formula is C26H44Cl2N4. The van der Waals surface area contributed by atoms with Crippen molar-refractivity contribution in [3.8, 4) is 0 Å². The molecule has 6 heteroatoms. The zero-order valence-electron chi connectivity index (χ0n) is 20.2. The van der Waals surface area contributed by atoms with Crippen LogP contribution in [0.4, 0.5) is 11.4 Å². The summed E-state index contributed by atoms with van der Waals surface area (Å²) >= 11 is 0. The highest BCUT2D eigenvalue weighted by molar-refractivity contribution is 5.40. The number of anilines is 2. The Morgan fingerprint density at radius 3 is 1.16 bits per heavy atom. The van der Waals surface area contributed by atoms with Crippen LogP contribution in [0.2, 0.25) is 0 Å². The van der Waals surface area contributed by atoms with E-state index in [0.717, 1.165) is 26.2 Å². The fourth-order valence-electron chi connectivity index (χ4n) is 3.64. The lowest BCUT2D eigenvalue weighted by Crippen LogP contribution is -3.00. The van der Waals surface area contributed by atoms with E-state index in [1.54, 1.807) is 0 Å². The van der Waals surface area contributed by atoms with Crippen molar-refractivity contribution in [1.82, 2.24) is 0 Å². The molecule has 0 unspecified atom stereocenters. The lowest BCUT2D eigenvalue weighted by atomic mass is 10.1. The Balaban J connectivity index is 0.00000480. The number of halogens is 2. The summed E-state index contributed by atoms with van der Waals surface area (Å²) in [5, 5.41) is 6.85. The van der Waals surface area contributed by atoms with Crippen molar-refractivity contribution in [2.75, 3.05) is 23.7 Å². The molecule has 0 amide bonds. The normalized spacial score (nSPS) is 10.2. The number of unbranched alkanes of at least 4 members (excludes halogenated alkanes) is 7. The van der Waals surface area contributed by atoms with Crippen LogP contribution in [0.25, 0.3) is 0 Å². The number of nitrogens with one attached hydrogen (secondary N) is 2. The molecule has 0 aromatic carbocycles. The number of hydrogen-bond donors (Lipinski definition) is 2. The number of nitrogens with zero attached hydrogens (tertiary/aromatic N) is 2. The Bertz CT molecular complexity index is 603. The van der Waals surface area contributed by atoms with Crippen LogP contribution in [-0.4, -0.2) is 13.1 Å². The summed E-state index contributed by atoms with van der Waals surface area (Å²) < 4.78 is 4.61. The summed E-state index contributed by atoms with van der Waals surface area (Å²) in [6.07, 6.45) is 21.9. The van der Waals surface area contributed by atoms with E-state index in [0.29, 0.717) is 0 Å². The van der Waals surface area contributed by atoms with E-state index in [2.05, 4.69) is 82.7 Å². The van der Waals surface area contributed by atoms with E-state index in [9.17, 15) is 0 Å². The molecule has 32 heavy (non-hydrogen) atoms. The van der Waals surface area contributed by atoms with E-state index in [1.165, 1.54) is 75.6 Å². The van der Waals surface area contributed by atoms with Gasteiger partial charge in [-0.25, -0.2) is 9.13 Å². The number of rotatable bonds is 17. The first-order chi connectivity index (χ1) is 14.8. The topological polar surface area (TPSA) is 31.8 Å². The second-order valence-corrected chi connectivity index (χ2v) is 8.33. The first-order valence-electron chi connectivity index (χ1n) is 12.3. The fourth-order valence-corrected chi connectivity index (χ4v) is 3.64. The molecule has 182 valence electrons. The molecule has 0 aliphatic heterocycles. The van der Waals surface area contributed by atoms with E-state index < -0.39 is 0 Å². The molecule has 0 bridgehead atoms. The molecule has 2 rings (SSSR count). The van der Waals surface area contributed by atoms with Gasteiger partial charge in [0.2, 0.25) is 0 Å². The molecule has 0 fully saturated rings. The van der Waals surface area contributed by atoms with Crippen LogP contribution in [0.15, 0.2) is 49.1 Å². The van der Waals surface area contributed by atoms with Crippen molar-refractivity contribution in [2.24, 2.45) is 0 Å². The SMILES string of the molecule is CCCNc1cc[n+](CCCCCCCCCC[n+]2ccc(NCCC)cc2)cc1.[Cl-].[Cl-]. The van der Waals surface area contributed by atoms with Crippen LogP contribution in [-0.2, 0) is 13.1 Å². The van der Waals surface area contributed by atoms with Gasteiger partial charge in [0.05, 0.1) is 0 Å². The summed E-state index contributed by atoms with van der Waals surface area (Å²) in [7, 11) is 0. The lowest BCUT2D eigenvalue weighted by molar-refractivity contribution is -0.697. The number of aromatic nitrogens is 2. The predicted octanol–water partition coefficient (Wildman–Crippen LogP) is -0.266. The average molecular weight is 484 g/mol. The molecule has 0 radical (unpaired) electrons. The highest BCUT2D eigenvalue weighted by atomic mass is 35.5. The van der Waals surface area contributed by atoms with Crippen molar-refractivity contribution in [2.45, 2.75) is 91.1 Å². The second kappa shape index (κ2) is 20.1. The number of pyridine rings is 2. The zero-order valence-corrected chi connectivity index (χ0v) is 21.7.